The molecule has 1 heterocycles. The molecule has 14 heavy (non-hydrogen) atoms. The molecule has 0 amide bonds. The van der Waals surface area contributed by atoms with Gasteiger partial charge in [0.2, 0.25) is 5.15 Å². The molecule has 1 aromatic rings. The largest absolute Gasteiger partial charge is 0.506 e. The first-order valence-corrected chi connectivity index (χ1v) is 3.63. The molecule has 0 aliphatic heterocycles. The van der Waals surface area contributed by atoms with Crippen LogP contribution in [0.2, 0.25) is 5.15 Å². The predicted molar refractivity (Wildman–Crippen MR) is 42.5 cm³/mol. The lowest BCUT2D eigenvalue weighted by Gasteiger charge is -2.02. The third-order valence-electron chi connectivity index (χ3n) is 1.37. The third-order valence-corrected chi connectivity index (χ3v) is 1.65. The van der Waals surface area contributed by atoms with Crippen LogP contribution >= 0.6 is 11.6 Å². The molecular weight excluding hydrogens is 222 g/mol. The van der Waals surface area contributed by atoms with Crippen molar-refractivity contribution >= 4 is 17.3 Å². The van der Waals surface area contributed by atoms with Gasteiger partial charge in [-0.2, -0.15) is 0 Å². The molecule has 0 bridgehead atoms. The molecule has 8 heteroatoms. The summed E-state index contributed by atoms with van der Waals surface area (Å²) in [6.07, 6.45) is -3.03. The van der Waals surface area contributed by atoms with Crippen molar-refractivity contribution in [2.24, 2.45) is 0 Å². The number of alkyl halides is 2. The quantitative estimate of drug-likeness (QED) is 0.475. The summed E-state index contributed by atoms with van der Waals surface area (Å²) >= 11 is 5.24. The molecule has 5 nitrogen and oxygen atoms in total. The van der Waals surface area contributed by atoms with E-state index >= 15 is 0 Å². The molecule has 0 atom stereocenters. The van der Waals surface area contributed by atoms with Gasteiger partial charge in [0.05, 0.1) is 11.0 Å². The lowest BCUT2D eigenvalue weighted by atomic mass is 10.3. The highest BCUT2D eigenvalue weighted by molar-refractivity contribution is 6.31. The van der Waals surface area contributed by atoms with Gasteiger partial charge in [-0.3, -0.25) is 10.1 Å². The predicted octanol–water partition coefficient (Wildman–Crippen LogP) is 2.29. The molecule has 76 valence electrons. The Morgan fingerprint density at radius 3 is 2.64 bits per heavy atom. The summed E-state index contributed by atoms with van der Waals surface area (Å²) in [5.74, 6) is -0.948. The van der Waals surface area contributed by atoms with Crippen LogP contribution in [0.15, 0.2) is 6.07 Å². The van der Waals surface area contributed by atoms with Crippen LogP contribution in [-0.2, 0) is 0 Å². The fraction of sp³-hybridized carbons (Fsp3) is 0.167. The first-order valence-electron chi connectivity index (χ1n) is 3.25. The molecule has 0 unspecified atom stereocenters. The standard InChI is InChI=1S/C6H3ClF2N2O3/c7-5-2(11(13)14)1-3(12)4(10-5)6(8)9/h1,6,12H. The summed E-state index contributed by atoms with van der Waals surface area (Å²) in [5.41, 5.74) is -1.69. The summed E-state index contributed by atoms with van der Waals surface area (Å²) < 4.78 is 24.2. The zero-order chi connectivity index (χ0) is 10.9. The van der Waals surface area contributed by atoms with Crippen LogP contribution in [-0.4, -0.2) is 15.0 Å². The Morgan fingerprint density at radius 2 is 2.21 bits per heavy atom. The molecule has 0 fully saturated rings. The normalized spacial score (nSPS) is 10.6. The van der Waals surface area contributed by atoms with E-state index in [1.54, 1.807) is 0 Å². The van der Waals surface area contributed by atoms with E-state index in [9.17, 15) is 18.9 Å². The molecule has 1 aromatic heterocycles. The van der Waals surface area contributed by atoms with Crippen LogP contribution in [0, 0.1) is 10.1 Å². The summed E-state index contributed by atoms with van der Waals surface area (Å²) in [5, 5.41) is 18.5. The number of aromatic nitrogens is 1. The molecule has 0 aliphatic rings. The van der Waals surface area contributed by atoms with E-state index in [0.717, 1.165) is 0 Å². The molecule has 0 saturated heterocycles. The number of nitrogens with zero attached hydrogens (tertiary/aromatic N) is 2. The van der Waals surface area contributed by atoms with Crippen LogP contribution in [0.5, 0.6) is 5.75 Å². The Balaban J connectivity index is 3.31. The van der Waals surface area contributed by atoms with E-state index in [0.29, 0.717) is 6.07 Å². The van der Waals surface area contributed by atoms with Gasteiger partial charge in [-0.25, -0.2) is 13.8 Å². The van der Waals surface area contributed by atoms with Gasteiger partial charge >= 0.3 is 5.69 Å². The summed E-state index contributed by atoms with van der Waals surface area (Å²) in [4.78, 5) is 12.3. The first kappa shape index (κ1) is 10.6. The fourth-order valence-corrected chi connectivity index (χ4v) is 0.987. The van der Waals surface area contributed by atoms with Crippen molar-refractivity contribution in [2.45, 2.75) is 6.43 Å². The van der Waals surface area contributed by atoms with Crippen molar-refractivity contribution in [3.63, 3.8) is 0 Å². The highest BCUT2D eigenvalue weighted by Crippen LogP contribution is 2.33. The Kier molecular flexibility index (Phi) is 2.80. The number of hydrogen-bond donors (Lipinski definition) is 1. The molecule has 1 rings (SSSR count). The Labute approximate surface area is 81.1 Å². The van der Waals surface area contributed by atoms with Crippen LogP contribution in [0.1, 0.15) is 12.1 Å². The lowest BCUT2D eigenvalue weighted by molar-refractivity contribution is -0.385. The van der Waals surface area contributed by atoms with Crippen LogP contribution in [0.4, 0.5) is 14.5 Å². The molecule has 0 saturated carbocycles. The van der Waals surface area contributed by atoms with Gasteiger partial charge in [-0.05, 0) is 0 Å². The Morgan fingerprint density at radius 1 is 1.64 bits per heavy atom. The highest BCUT2D eigenvalue weighted by Gasteiger charge is 2.22. The second-order valence-electron chi connectivity index (χ2n) is 2.26. The number of pyridine rings is 1. The van der Waals surface area contributed by atoms with Crippen molar-refractivity contribution in [3.05, 3.63) is 27.0 Å². The van der Waals surface area contributed by atoms with Crippen molar-refractivity contribution in [1.82, 2.24) is 4.98 Å². The van der Waals surface area contributed by atoms with Crippen LogP contribution in [0.25, 0.3) is 0 Å². The molecular formula is C6H3ClF2N2O3. The van der Waals surface area contributed by atoms with Crippen molar-refractivity contribution in [2.75, 3.05) is 0 Å². The second-order valence-corrected chi connectivity index (χ2v) is 2.62. The highest BCUT2D eigenvalue weighted by atomic mass is 35.5. The summed E-state index contributed by atoms with van der Waals surface area (Å²) in [7, 11) is 0. The van der Waals surface area contributed by atoms with Gasteiger partial charge in [0, 0.05) is 0 Å². The number of rotatable bonds is 2. The maximum Gasteiger partial charge on any atom is 0.310 e. The lowest BCUT2D eigenvalue weighted by Crippen LogP contribution is -1.96. The molecule has 0 aromatic carbocycles. The van der Waals surface area contributed by atoms with Gasteiger partial charge in [0.25, 0.3) is 6.43 Å². The molecule has 0 aliphatic carbocycles. The van der Waals surface area contributed by atoms with Gasteiger partial charge in [0.15, 0.2) is 5.69 Å². The average Bonchev–Trinajstić information content (AvgIpc) is 2.07. The monoisotopic (exact) mass is 224 g/mol. The minimum absolute atomic E-state index is 0.539. The summed E-state index contributed by atoms with van der Waals surface area (Å²) in [6.45, 7) is 0. The maximum atomic E-state index is 12.1. The number of hydrogen-bond acceptors (Lipinski definition) is 4. The van der Waals surface area contributed by atoms with E-state index in [1.165, 1.54) is 0 Å². The fourth-order valence-electron chi connectivity index (χ4n) is 0.772. The zero-order valence-electron chi connectivity index (χ0n) is 6.45. The number of nitro groups is 1. The van der Waals surface area contributed by atoms with Gasteiger partial charge < -0.3 is 5.11 Å². The van der Waals surface area contributed by atoms with Crippen LogP contribution < -0.4 is 0 Å². The Bertz CT molecular complexity index is 386. The number of halogens is 3. The van der Waals surface area contributed by atoms with E-state index in [2.05, 4.69) is 4.98 Å². The topological polar surface area (TPSA) is 76.3 Å². The van der Waals surface area contributed by atoms with Crippen molar-refractivity contribution in [3.8, 4) is 5.75 Å². The zero-order valence-corrected chi connectivity index (χ0v) is 7.20. The average molecular weight is 225 g/mol. The van der Waals surface area contributed by atoms with Crippen LogP contribution in [0.3, 0.4) is 0 Å². The van der Waals surface area contributed by atoms with E-state index in [1.807, 2.05) is 0 Å². The minimum atomic E-state index is -3.03. The smallest absolute Gasteiger partial charge is 0.310 e. The van der Waals surface area contributed by atoms with E-state index < -0.39 is 33.6 Å². The maximum absolute atomic E-state index is 12.1. The Hall–Kier alpha value is -1.50. The number of aromatic hydroxyl groups is 1. The van der Waals surface area contributed by atoms with E-state index in [-0.39, 0.29) is 0 Å². The van der Waals surface area contributed by atoms with Gasteiger partial charge in [0.1, 0.15) is 5.75 Å². The van der Waals surface area contributed by atoms with E-state index in [4.69, 9.17) is 16.7 Å². The molecule has 0 radical (unpaired) electrons. The van der Waals surface area contributed by atoms with Gasteiger partial charge in [-0.15, -0.1) is 0 Å². The SMILES string of the molecule is O=[N+]([O-])c1cc(O)c(C(F)F)nc1Cl. The minimum Gasteiger partial charge on any atom is -0.506 e. The first-order chi connectivity index (χ1) is 6.43. The third kappa shape index (κ3) is 1.87. The molecule has 0 spiro atoms. The van der Waals surface area contributed by atoms with Crippen molar-refractivity contribution in [1.29, 1.82) is 0 Å². The second kappa shape index (κ2) is 3.70. The van der Waals surface area contributed by atoms with Gasteiger partial charge in [-0.1, -0.05) is 11.6 Å². The summed E-state index contributed by atoms with van der Waals surface area (Å²) in [6, 6.07) is 0.539. The molecule has 1 N–H and O–H groups in total. The van der Waals surface area contributed by atoms with Crippen molar-refractivity contribution < 1.29 is 18.8 Å².